The van der Waals surface area contributed by atoms with Gasteiger partial charge in [-0.05, 0) is 31.0 Å². The first-order valence-corrected chi connectivity index (χ1v) is 9.05. The van der Waals surface area contributed by atoms with E-state index < -0.39 is 0 Å². The monoisotopic (exact) mass is 367 g/mol. The zero-order valence-electron chi connectivity index (χ0n) is 11.7. The Hall–Kier alpha value is -1.01. The molecule has 4 nitrogen and oxygen atoms in total. The molecule has 0 aliphatic heterocycles. The Labute approximate surface area is 137 Å². The number of benzene rings is 1. The fourth-order valence-corrected chi connectivity index (χ4v) is 4.27. The molecule has 0 unspecified atom stereocenters. The maximum Gasteiger partial charge on any atom is 0.258 e. The summed E-state index contributed by atoms with van der Waals surface area (Å²) in [5, 5.41) is 4.83. The molecular weight excluding hydrogens is 350 g/mol. The van der Waals surface area contributed by atoms with E-state index in [1.165, 1.54) is 32.1 Å². The highest BCUT2D eigenvalue weighted by atomic mass is 79.9. The Morgan fingerprint density at radius 2 is 2.05 bits per heavy atom. The summed E-state index contributed by atoms with van der Waals surface area (Å²) in [6, 6.07) is 5.62. The first kappa shape index (κ1) is 14.9. The highest BCUT2D eigenvalue weighted by Crippen LogP contribution is 2.31. The SMILES string of the molecule is Nc1cc(Br)cc(-c2nc(CSC3CCCCC3)no2)c1. The molecule has 21 heavy (non-hydrogen) atoms. The number of hydrogen-bond acceptors (Lipinski definition) is 5. The van der Waals surface area contributed by atoms with Crippen molar-refractivity contribution in [3.05, 3.63) is 28.5 Å². The number of nitrogen functional groups attached to an aromatic ring is 1. The van der Waals surface area contributed by atoms with Crippen molar-refractivity contribution in [1.29, 1.82) is 0 Å². The highest BCUT2D eigenvalue weighted by Gasteiger charge is 2.16. The zero-order chi connectivity index (χ0) is 14.7. The average molecular weight is 368 g/mol. The number of nitrogens with two attached hydrogens (primary N) is 1. The van der Waals surface area contributed by atoms with E-state index in [1.807, 2.05) is 30.0 Å². The molecule has 1 aromatic heterocycles. The predicted octanol–water partition coefficient (Wildman–Crippen LogP) is 4.65. The van der Waals surface area contributed by atoms with E-state index in [0.717, 1.165) is 26.9 Å². The summed E-state index contributed by atoms with van der Waals surface area (Å²) in [5.41, 5.74) is 7.36. The molecule has 6 heteroatoms. The molecule has 0 spiro atoms. The van der Waals surface area contributed by atoms with Gasteiger partial charge in [-0.1, -0.05) is 40.3 Å². The van der Waals surface area contributed by atoms with Crippen LogP contribution in [0.5, 0.6) is 0 Å². The second-order valence-electron chi connectivity index (χ2n) is 5.36. The Balaban J connectivity index is 1.65. The van der Waals surface area contributed by atoms with Crippen molar-refractivity contribution >= 4 is 33.4 Å². The summed E-state index contributed by atoms with van der Waals surface area (Å²) >= 11 is 5.37. The van der Waals surface area contributed by atoms with Crippen LogP contribution in [0.4, 0.5) is 5.69 Å². The van der Waals surface area contributed by atoms with Gasteiger partial charge in [0, 0.05) is 21.0 Å². The van der Waals surface area contributed by atoms with Gasteiger partial charge in [-0.2, -0.15) is 16.7 Å². The maximum absolute atomic E-state index is 5.84. The topological polar surface area (TPSA) is 64.9 Å². The van der Waals surface area contributed by atoms with Crippen molar-refractivity contribution in [2.24, 2.45) is 0 Å². The largest absolute Gasteiger partial charge is 0.399 e. The van der Waals surface area contributed by atoms with Crippen molar-refractivity contribution in [2.75, 3.05) is 5.73 Å². The lowest BCUT2D eigenvalue weighted by atomic mass is 10.0. The fourth-order valence-electron chi connectivity index (χ4n) is 2.59. The lowest BCUT2D eigenvalue weighted by molar-refractivity contribution is 0.425. The quantitative estimate of drug-likeness (QED) is 0.796. The second-order valence-corrected chi connectivity index (χ2v) is 7.56. The van der Waals surface area contributed by atoms with Crippen molar-refractivity contribution in [3.8, 4) is 11.5 Å². The first-order valence-electron chi connectivity index (χ1n) is 7.21. The summed E-state index contributed by atoms with van der Waals surface area (Å²) in [4.78, 5) is 4.47. The third kappa shape index (κ3) is 4.01. The molecule has 2 aromatic rings. The number of nitrogens with zero attached hydrogens (tertiary/aromatic N) is 2. The van der Waals surface area contributed by atoms with Gasteiger partial charge in [0.2, 0.25) is 0 Å². The summed E-state index contributed by atoms with van der Waals surface area (Å²) in [6.45, 7) is 0. The van der Waals surface area contributed by atoms with Gasteiger partial charge >= 0.3 is 0 Å². The lowest BCUT2D eigenvalue weighted by Gasteiger charge is -2.19. The fraction of sp³-hybridized carbons (Fsp3) is 0.467. The average Bonchev–Trinajstić information content (AvgIpc) is 2.94. The molecule has 1 aliphatic rings. The summed E-state index contributed by atoms with van der Waals surface area (Å²) < 4.78 is 6.26. The zero-order valence-corrected chi connectivity index (χ0v) is 14.1. The normalized spacial score (nSPS) is 16.2. The number of rotatable bonds is 4. The summed E-state index contributed by atoms with van der Waals surface area (Å²) in [5.74, 6) is 2.11. The number of thioether (sulfide) groups is 1. The molecule has 0 saturated heterocycles. The second kappa shape index (κ2) is 6.83. The third-order valence-electron chi connectivity index (χ3n) is 3.64. The van der Waals surface area contributed by atoms with Crippen LogP contribution in [0.2, 0.25) is 0 Å². The minimum absolute atomic E-state index is 0.530. The number of hydrogen-bond donors (Lipinski definition) is 1. The van der Waals surface area contributed by atoms with Crippen LogP contribution in [-0.4, -0.2) is 15.4 Å². The van der Waals surface area contributed by atoms with Crippen molar-refractivity contribution in [3.63, 3.8) is 0 Å². The standard InChI is InChI=1S/C15H18BrN3OS/c16-11-6-10(7-12(17)8-11)15-18-14(19-20-15)9-21-13-4-2-1-3-5-13/h6-8,13H,1-5,9,17H2. The Kier molecular flexibility index (Phi) is 4.85. The van der Waals surface area contributed by atoms with Gasteiger partial charge in [0.1, 0.15) is 0 Å². The lowest BCUT2D eigenvalue weighted by Crippen LogP contribution is -2.08. The van der Waals surface area contributed by atoms with Gasteiger partial charge in [-0.15, -0.1) is 0 Å². The minimum Gasteiger partial charge on any atom is -0.399 e. The van der Waals surface area contributed by atoms with E-state index in [9.17, 15) is 0 Å². The van der Waals surface area contributed by atoms with Gasteiger partial charge in [0.05, 0.1) is 5.75 Å². The Morgan fingerprint density at radius 1 is 1.24 bits per heavy atom. The van der Waals surface area contributed by atoms with Crippen molar-refractivity contribution in [2.45, 2.75) is 43.1 Å². The molecule has 0 bridgehead atoms. The van der Waals surface area contributed by atoms with E-state index in [0.29, 0.717) is 11.6 Å². The van der Waals surface area contributed by atoms with Gasteiger partial charge in [0.15, 0.2) is 5.82 Å². The highest BCUT2D eigenvalue weighted by molar-refractivity contribution is 9.10. The van der Waals surface area contributed by atoms with Crippen LogP contribution in [0.3, 0.4) is 0 Å². The molecule has 1 fully saturated rings. The van der Waals surface area contributed by atoms with E-state index in [2.05, 4.69) is 26.1 Å². The van der Waals surface area contributed by atoms with Crippen LogP contribution < -0.4 is 5.73 Å². The summed E-state index contributed by atoms with van der Waals surface area (Å²) in [7, 11) is 0. The van der Waals surface area contributed by atoms with Gasteiger partial charge in [-0.25, -0.2) is 0 Å². The molecule has 1 saturated carbocycles. The molecule has 0 radical (unpaired) electrons. The maximum atomic E-state index is 5.84. The van der Waals surface area contributed by atoms with Crippen molar-refractivity contribution in [1.82, 2.24) is 10.1 Å². The van der Waals surface area contributed by atoms with E-state index in [1.54, 1.807) is 0 Å². The molecule has 1 aromatic carbocycles. The molecule has 0 atom stereocenters. The summed E-state index contributed by atoms with van der Waals surface area (Å²) in [6.07, 6.45) is 6.72. The van der Waals surface area contributed by atoms with E-state index >= 15 is 0 Å². The molecule has 1 heterocycles. The van der Waals surface area contributed by atoms with Gasteiger partial charge in [0.25, 0.3) is 5.89 Å². The van der Waals surface area contributed by atoms with E-state index in [-0.39, 0.29) is 0 Å². The number of aromatic nitrogens is 2. The molecule has 3 rings (SSSR count). The van der Waals surface area contributed by atoms with Gasteiger partial charge < -0.3 is 10.3 Å². The minimum atomic E-state index is 0.530. The smallest absolute Gasteiger partial charge is 0.258 e. The molecule has 1 aliphatic carbocycles. The number of anilines is 1. The van der Waals surface area contributed by atoms with E-state index in [4.69, 9.17) is 10.3 Å². The number of halogens is 1. The van der Waals surface area contributed by atoms with Crippen LogP contribution in [-0.2, 0) is 5.75 Å². The molecular formula is C15H18BrN3OS. The first-order chi connectivity index (χ1) is 10.2. The van der Waals surface area contributed by atoms with Crippen LogP contribution in [0.25, 0.3) is 11.5 Å². The van der Waals surface area contributed by atoms with Crippen LogP contribution in [0.1, 0.15) is 37.9 Å². The van der Waals surface area contributed by atoms with Gasteiger partial charge in [-0.3, -0.25) is 0 Å². The van der Waals surface area contributed by atoms with Crippen molar-refractivity contribution < 1.29 is 4.52 Å². The molecule has 0 amide bonds. The van der Waals surface area contributed by atoms with Crippen LogP contribution in [0, 0.1) is 0 Å². The van der Waals surface area contributed by atoms with Crippen LogP contribution >= 0.6 is 27.7 Å². The Morgan fingerprint density at radius 3 is 2.81 bits per heavy atom. The molecule has 112 valence electrons. The van der Waals surface area contributed by atoms with Crippen LogP contribution in [0.15, 0.2) is 27.2 Å². The Bertz CT molecular complexity index is 590. The third-order valence-corrected chi connectivity index (χ3v) is 5.46. The molecule has 2 N–H and O–H groups in total. The predicted molar refractivity (Wildman–Crippen MR) is 90.0 cm³/mol.